The molecule has 1 aliphatic carbocycles. The monoisotopic (exact) mass is 183 g/mol. The third kappa shape index (κ3) is 2.14. The Labute approximate surface area is 86.0 Å². The highest BCUT2D eigenvalue weighted by Crippen LogP contribution is 2.25. The first kappa shape index (κ1) is 9.26. The van der Waals surface area contributed by atoms with Gasteiger partial charge in [-0.15, -0.1) is 0 Å². The molecule has 2 rings (SSSR count). The van der Waals surface area contributed by atoms with Crippen LogP contribution in [0.15, 0.2) is 48.1 Å². The van der Waals surface area contributed by atoms with E-state index in [1.807, 2.05) is 0 Å². The smallest absolute Gasteiger partial charge is 0.00885 e. The molecular weight excluding hydrogens is 168 g/mol. The van der Waals surface area contributed by atoms with Crippen molar-refractivity contribution >= 4 is 0 Å². The number of allylic oxidation sites excluding steroid dienone is 4. The van der Waals surface area contributed by atoms with Crippen molar-refractivity contribution in [3.63, 3.8) is 0 Å². The second-order valence-corrected chi connectivity index (χ2v) is 3.82. The molecule has 0 nitrogen and oxygen atoms in total. The van der Waals surface area contributed by atoms with Crippen LogP contribution in [0.5, 0.6) is 0 Å². The van der Waals surface area contributed by atoms with Crippen LogP contribution in [-0.4, -0.2) is 0 Å². The van der Waals surface area contributed by atoms with Crippen LogP contribution in [0.4, 0.5) is 0 Å². The lowest BCUT2D eigenvalue weighted by Crippen LogP contribution is -1.93. The molecule has 0 amide bonds. The molecule has 0 bridgehead atoms. The fourth-order valence-electron chi connectivity index (χ4n) is 1.82. The van der Waals surface area contributed by atoms with Gasteiger partial charge in [-0.2, -0.15) is 0 Å². The van der Waals surface area contributed by atoms with E-state index in [0.717, 1.165) is 12.8 Å². The van der Waals surface area contributed by atoms with Crippen molar-refractivity contribution in [2.24, 2.45) is 0 Å². The van der Waals surface area contributed by atoms with E-state index >= 15 is 0 Å². The van der Waals surface area contributed by atoms with Crippen LogP contribution in [0.25, 0.3) is 0 Å². The van der Waals surface area contributed by atoms with Crippen LogP contribution >= 0.6 is 0 Å². The highest BCUT2D eigenvalue weighted by atomic mass is 14.1. The predicted octanol–water partition coefficient (Wildman–Crippen LogP) is 3.87. The molecule has 0 spiro atoms. The summed E-state index contributed by atoms with van der Waals surface area (Å²) in [7, 11) is 0. The van der Waals surface area contributed by atoms with Gasteiger partial charge in [0, 0.05) is 0 Å². The molecule has 0 aliphatic heterocycles. The van der Waals surface area contributed by atoms with Gasteiger partial charge >= 0.3 is 0 Å². The summed E-state index contributed by atoms with van der Waals surface area (Å²) in [5.74, 6) is 0.599. The molecule has 0 fully saturated rings. The summed E-state index contributed by atoms with van der Waals surface area (Å²) in [6.07, 6.45) is 9.84. The van der Waals surface area contributed by atoms with E-state index in [9.17, 15) is 0 Å². The number of benzene rings is 1. The van der Waals surface area contributed by atoms with E-state index in [0.29, 0.717) is 5.92 Å². The largest absolute Gasteiger partial charge is 0.0798 e. The van der Waals surface area contributed by atoms with Crippen LogP contribution in [0.3, 0.4) is 0 Å². The zero-order valence-corrected chi connectivity index (χ0v) is 8.53. The lowest BCUT2D eigenvalue weighted by Gasteiger charge is -2.11. The van der Waals surface area contributed by atoms with Crippen molar-refractivity contribution in [3.8, 4) is 0 Å². The summed E-state index contributed by atoms with van der Waals surface area (Å²) in [6.45, 7) is 2.27. The second-order valence-electron chi connectivity index (χ2n) is 3.82. The van der Waals surface area contributed by atoms with Crippen molar-refractivity contribution in [3.05, 3.63) is 59.7 Å². The lowest BCUT2D eigenvalue weighted by molar-refractivity contribution is 0.761. The van der Waals surface area contributed by atoms with E-state index < -0.39 is 0 Å². The minimum atomic E-state index is 0.599. The third-order valence-corrected chi connectivity index (χ3v) is 2.66. The Morgan fingerprint density at radius 3 is 2.71 bits per heavy atom. The lowest BCUT2D eigenvalue weighted by atomic mass is 9.94. The Balaban J connectivity index is 2.02. The van der Waals surface area contributed by atoms with Crippen molar-refractivity contribution in [2.45, 2.75) is 25.7 Å². The maximum Gasteiger partial charge on any atom is -0.00885 e. The van der Waals surface area contributed by atoms with E-state index in [2.05, 4.69) is 55.5 Å². The normalized spacial score (nSPS) is 16.8. The first-order valence-corrected chi connectivity index (χ1v) is 5.17. The molecule has 0 heterocycles. The topological polar surface area (TPSA) is 0 Å². The molecule has 1 aromatic rings. The second kappa shape index (κ2) is 4.28. The molecular formula is C14H15. The van der Waals surface area contributed by atoms with Crippen LogP contribution in [-0.2, 0) is 0 Å². The quantitative estimate of drug-likeness (QED) is 0.667. The molecule has 0 aromatic heterocycles. The zero-order valence-electron chi connectivity index (χ0n) is 8.53. The van der Waals surface area contributed by atoms with E-state index in [-0.39, 0.29) is 0 Å². The molecule has 0 N–H and O–H groups in total. The Bertz CT molecular complexity index is 344. The van der Waals surface area contributed by atoms with E-state index in [1.54, 1.807) is 0 Å². The van der Waals surface area contributed by atoms with Crippen LogP contribution in [0.2, 0.25) is 0 Å². The Morgan fingerprint density at radius 1 is 1.29 bits per heavy atom. The summed E-state index contributed by atoms with van der Waals surface area (Å²) in [6, 6.07) is 10.7. The zero-order chi connectivity index (χ0) is 9.80. The predicted molar refractivity (Wildman–Crippen MR) is 60.0 cm³/mol. The first-order chi connectivity index (χ1) is 6.86. The molecule has 1 aromatic carbocycles. The molecule has 1 radical (unpaired) electrons. The molecule has 1 aliphatic rings. The minimum Gasteiger partial charge on any atom is -0.0798 e. The van der Waals surface area contributed by atoms with Gasteiger partial charge in [-0.3, -0.25) is 0 Å². The number of hydrogen-bond acceptors (Lipinski definition) is 0. The third-order valence-electron chi connectivity index (χ3n) is 2.66. The first-order valence-electron chi connectivity index (χ1n) is 5.17. The van der Waals surface area contributed by atoms with Crippen LogP contribution in [0, 0.1) is 6.08 Å². The van der Waals surface area contributed by atoms with Crippen molar-refractivity contribution < 1.29 is 0 Å². The van der Waals surface area contributed by atoms with E-state index in [1.165, 1.54) is 11.1 Å². The summed E-state index contributed by atoms with van der Waals surface area (Å²) in [5.41, 5.74) is 2.78. The van der Waals surface area contributed by atoms with Gasteiger partial charge in [0.15, 0.2) is 0 Å². The molecule has 0 saturated heterocycles. The number of hydrogen-bond donors (Lipinski definition) is 0. The van der Waals surface area contributed by atoms with Gasteiger partial charge in [-0.05, 0) is 36.0 Å². The van der Waals surface area contributed by atoms with Gasteiger partial charge < -0.3 is 0 Å². The fourth-order valence-corrected chi connectivity index (χ4v) is 1.82. The molecule has 0 heteroatoms. The minimum absolute atomic E-state index is 0.599. The maximum absolute atomic E-state index is 3.36. The van der Waals surface area contributed by atoms with Crippen molar-refractivity contribution in [1.82, 2.24) is 0 Å². The van der Waals surface area contributed by atoms with Gasteiger partial charge in [0.05, 0.1) is 0 Å². The van der Waals surface area contributed by atoms with Crippen molar-refractivity contribution in [1.29, 1.82) is 0 Å². The molecule has 71 valence electrons. The van der Waals surface area contributed by atoms with Crippen molar-refractivity contribution in [2.75, 3.05) is 0 Å². The Hall–Kier alpha value is -1.30. The SMILES string of the molecule is CC(CC1=[C]CC=C1)c1ccccc1. The highest BCUT2D eigenvalue weighted by Gasteiger charge is 2.07. The van der Waals surface area contributed by atoms with Crippen LogP contribution in [0.1, 0.15) is 31.2 Å². The molecule has 1 atom stereocenters. The molecule has 1 unspecified atom stereocenters. The van der Waals surface area contributed by atoms with Gasteiger partial charge in [0.1, 0.15) is 0 Å². The standard InChI is InChI=1S/C14H15/c1-12(11-13-7-5-6-8-13)14-9-3-2-4-10-14/h2-5,7,9-10,12H,6,11H2,1H3. The highest BCUT2D eigenvalue weighted by molar-refractivity contribution is 5.27. The average Bonchev–Trinajstić information content (AvgIpc) is 2.72. The van der Waals surface area contributed by atoms with Crippen LogP contribution < -0.4 is 0 Å². The van der Waals surface area contributed by atoms with Gasteiger partial charge in [0.25, 0.3) is 0 Å². The summed E-state index contributed by atoms with van der Waals surface area (Å²) < 4.78 is 0. The average molecular weight is 183 g/mol. The summed E-state index contributed by atoms with van der Waals surface area (Å²) in [5, 5.41) is 0. The van der Waals surface area contributed by atoms with Gasteiger partial charge in [-0.25, -0.2) is 0 Å². The van der Waals surface area contributed by atoms with Gasteiger partial charge in [-0.1, -0.05) is 49.4 Å². The maximum atomic E-state index is 3.36. The summed E-state index contributed by atoms with van der Waals surface area (Å²) >= 11 is 0. The molecule has 0 saturated carbocycles. The van der Waals surface area contributed by atoms with Gasteiger partial charge in [0.2, 0.25) is 0 Å². The molecule has 14 heavy (non-hydrogen) atoms. The number of rotatable bonds is 3. The Morgan fingerprint density at radius 2 is 2.07 bits per heavy atom. The Kier molecular flexibility index (Phi) is 2.83. The van der Waals surface area contributed by atoms with E-state index in [4.69, 9.17) is 0 Å². The summed E-state index contributed by atoms with van der Waals surface area (Å²) in [4.78, 5) is 0. The fraction of sp³-hybridized carbons (Fsp3) is 0.286.